The SMILES string of the molecule is CCCCOCCNc1nc2cc(N)ccc2o1. The van der Waals surface area contributed by atoms with Gasteiger partial charge in [-0.15, -0.1) is 0 Å². The van der Waals surface area contributed by atoms with E-state index < -0.39 is 0 Å². The van der Waals surface area contributed by atoms with Crippen LogP contribution in [-0.2, 0) is 4.74 Å². The Kier molecular flexibility index (Phi) is 4.41. The standard InChI is InChI=1S/C13H19N3O2/c1-2-3-7-17-8-6-15-13-16-11-9-10(14)4-5-12(11)18-13/h4-5,9H,2-3,6-8,14H2,1H3,(H,15,16). The summed E-state index contributed by atoms with van der Waals surface area (Å²) in [6.07, 6.45) is 2.25. The van der Waals surface area contributed by atoms with Crippen molar-refractivity contribution in [3.63, 3.8) is 0 Å². The van der Waals surface area contributed by atoms with E-state index >= 15 is 0 Å². The van der Waals surface area contributed by atoms with E-state index in [4.69, 9.17) is 14.9 Å². The van der Waals surface area contributed by atoms with Crippen molar-refractivity contribution in [1.82, 2.24) is 4.98 Å². The molecule has 0 aliphatic rings. The highest BCUT2D eigenvalue weighted by Crippen LogP contribution is 2.20. The van der Waals surface area contributed by atoms with Gasteiger partial charge in [0.15, 0.2) is 5.58 Å². The fourth-order valence-electron chi connectivity index (χ4n) is 1.60. The summed E-state index contributed by atoms with van der Waals surface area (Å²) >= 11 is 0. The summed E-state index contributed by atoms with van der Waals surface area (Å²) in [6, 6.07) is 5.92. The number of hydrogen-bond acceptors (Lipinski definition) is 5. The molecular weight excluding hydrogens is 230 g/mol. The number of unbranched alkanes of at least 4 members (excludes halogenated alkanes) is 1. The fourth-order valence-corrected chi connectivity index (χ4v) is 1.60. The molecule has 0 amide bonds. The van der Waals surface area contributed by atoms with Gasteiger partial charge >= 0.3 is 0 Å². The highest BCUT2D eigenvalue weighted by atomic mass is 16.5. The molecule has 0 unspecified atom stereocenters. The first-order valence-electron chi connectivity index (χ1n) is 6.27. The van der Waals surface area contributed by atoms with E-state index in [1.165, 1.54) is 0 Å². The molecule has 0 spiro atoms. The fraction of sp³-hybridized carbons (Fsp3) is 0.462. The van der Waals surface area contributed by atoms with E-state index in [-0.39, 0.29) is 0 Å². The molecule has 1 heterocycles. The lowest BCUT2D eigenvalue weighted by atomic mass is 10.3. The number of aromatic nitrogens is 1. The third kappa shape index (κ3) is 3.37. The van der Waals surface area contributed by atoms with Gasteiger partial charge in [-0.2, -0.15) is 4.98 Å². The van der Waals surface area contributed by atoms with Crippen molar-refractivity contribution >= 4 is 22.8 Å². The first-order valence-corrected chi connectivity index (χ1v) is 6.27. The Hall–Kier alpha value is -1.75. The average Bonchev–Trinajstić information content (AvgIpc) is 2.75. The maximum Gasteiger partial charge on any atom is 0.295 e. The molecule has 3 N–H and O–H groups in total. The summed E-state index contributed by atoms with van der Waals surface area (Å²) in [5.41, 5.74) is 7.87. The molecule has 0 bridgehead atoms. The van der Waals surface area contributed by atoms with E-state index in [0.29, 0.717) is 24.9 Å². The van der Waals surface area contributed by atoms with Crippen LogP contribution in [0.1, 0.15) is 19.8 Å². The van der Waals surface area contributed by atoms with Gasteiger partial charge < -0.3 is 20.2 Å². The van der Waals surface area contributed by atoms with E-state index in [9.17, 15) is 0 Å². The van der Waals surface area contributed by atoms with Gasteiger partial charge in [0.1, 0.15) is 5.52 Å². The molecular formula is C13H19N3O2. The van der Waals surface area contributed by atoms with E-state index in [1.54, 1.807) is 12.1 Å². The summed E-state index contributed by atoms with van der Waals surface area (Å²) in [4.78, 5) is 4.29. The first-order chi connectivity index (χ1) is 8.79. The van der Waals surface area contributed by atoms with Crippen LogP contribution < -0.4 is 11.1 Å². The summed E-state index contributed by atoms with van der Waals surface area (Å²) in [5, 5.41) is 3.09. The number of fused-ring (bicyclic) bond motifs is 1. The number of nitrogens with two attached hydrogens (primary N) is 1. The van der Waals surface area contributed by atoms with Crippen LogP contribution in [0.5, 0.6) is 0 Å². The summed E-state index contributed by atoms with van der Waals surface area (Å²) in [5.74, 6) is 0. The zero-order valence-electron chi connectivity index (χ0n) is 10.6. The minimum Gasteiger partial charge on any atom is -0.424 e. The smallest absolute Gasteiger partial charge is 0.295 e. The van der Waals surface area contributed by atoms with Crippen LogP contribution in [0.4, 0.5) is 11.7 Å². The zero-order chi connectivity index (χ0) is 12.8. The summed E-state index contributed by atoms with van der Waals surface area (Å²) in [6.45, 7) is 4.29. The van der Waals surface area contributed by atoms with Crippen LogP contribution in [0.2, 0.25) is 0 Å². The van der Waals surface area contributed by atoms with E-state index in [0.717, 1.165) is 30.5 Å². The molecule has 0 aliphatic carbocycles. The highest BCUT2D eigenvalue weighted by molar-refractivity contribution is 5.78. The number of nitrogens with one attached hydrogen (secondary N) is 1. The maximum absolute atomic E-state index is 5.68. The second-order valence-corrected chi connectivity index (χ2v) is 4.14. The minimum atomic E-state index is 0.509. The van der Waals surface area contributed by atoms with Gasteiger partial charge in [0.25, 0.3) is 6.01 Å². The van der Waals surface area contributed by atoms with Crippen molar-refractivity contribution in [3.05, 3.63) is 18.2 Å². The predicted octanol–water partition coefficient (Wildman–Crippen LogP) is 2.64. The molecule has 0 saturated heterocycles. The van der Waals surface area contributed by atoms with Crippen molar-refractivity contribution in [3.8, 4) is 0 Å². The molecule has 0 fully saturated rings. The lowest BCUT2D eigenvalue weighted by Crippen LogP contribution is -2.10. The number of hydrogen-bond donors (Lipinski definition) is 2. The van der Waals surface area contributed by atoms with E-state index in [1.807, 2.05) is 6.07 Å². The second-order valence-electron chi connectivity index (χ2n) is 4.14. The van der Waals surface area contributed by atoms with Crippen molar-refractivity contribution in [2.75, 3.05) is 30.8 Å². The third-order valence-electron chi connectivity index (χ3n) is 2.58. The van der Waals surface area contributed by atoms with E-state index in [2.05, 4.69) is 17.2 Å². The van der Waals surface area contributed by atoms with Gasteiger partial charge in [-0.05, 0) is 24.6 Å². The Morgan fingerprint density at radius 3 is 3.11 bits per heavy atom. The Bertz CT molecular complexity index is 496. The molecule has 0 atom stereocenters. The van der Waals surface area contributed by atoms with Crippen molar-refractivity contribution in [2.24, 2.45) is 0 Å². The lowest BCUT2D eigenvalue weighted by Gasteiger charge is -2.03. The molecule has 5 nitrogen and oxygen atoms in total. The number of anilines is 2. The van der Waals surface area contributed by atoms with Crippen LogP contribution in [-0.4, -0.2) is 24.7 Å². The summed E-state index contributed by atoms with van der Waals surface area (Å²) < 4.78 is 11.0. The number of oxazole rings is 1. The van der Waals surface area contributed by atoms with Gasteiger partial charge in [0.05, 0.1) is 6.61 Å². The van der Waals surface area contributed by atoms with Crippen molar-refractivity contribution < 1.29 is 9.15 Å². The van der Waals surface area contributed by atoms with Crippen LogP contribution in [0, 0.1) is 0 Å². The molecule has 2 rings (SSSR count). The lowest BCUT2D eigenvalue weighted by molar-refractivity contribution is 0.140. The molecule has 1 aromatic heterocycles. The van der Waals surface area contributed by atoms with Gasteiger partial charge in [-0.1, -0.05) is 13.3 Å². The minimum absolute atomic E-state index is 0.509. The van der Waals surface area contributed by atoms with Gasteiger partial charge in [0.2, 0.25) is 0 Å². The molecule has 0 radical (unpaired) electrons. The largest absolute Gasteiger partial charge is 0.424 e. The van der Waals surface area contributed by atoms with Gasteiger partial charge in [0, 0.05) is 18.8 Å². The number of rotatable bonds is 7. The molecule has 18 heavy (non-hydrogen) atoms. The van der Waals surface area contributed by atoms with Crippen molar-refractivity contribution in [2.45, 2.75) is 19.8 Å². The molecule has 2 aromatic rings. The zero-order valence-corrected chi connectivity index (χ0v) is 10.6. The summed E-state index contributed by atoms with van der Waals surface area (Å²) in [7, 11) is 0. The Balaban J connectivity index is 1.81. The molecule has 1 aromatic carbocycles. The van der Waals surface area contributed by atoms with Crippen LogP contribution in [0.3, 0.4) is 0 Å². The number of nitrogens with zero attached hydrogens (tertiary/aromatic N) is 1. The van der Waals surface area contributed by atoms with Crippen LogP contribution >= 0.6 is 0 Å². The normalized spacial score (nSPS) is 10.9. The Morgan fingerprint density at radius 1 is 1.39 bits per heavy atom. The maximum atomic E-state index is 5.68. The molecule has 0 saturated carbocycles. The third-order valence-corrected chi connectivity index (χ3v) is 2.58. The molecule has 5 heteroatoms. The van der Waals surface area contributed by atoms with Crippen LogP contribution in [0.25, 0.3) is 11.1 Å². The Morgan fingerprint density at radius 2 is 2.28 bits per heavy atom. The van der Waals surface area contributed by atoms with Crippen molar-refractivity contribution in [1.29, 1.82) is 0 Å². The predicted molar refractivity (Wildman–Crippen MR) is 72.6 cm³/mol. The highest BCUT2D eigenvalue weighted by Gasteiger charge is 2.04. The topological polar surface area (TPSA) is 73.3 Å². The number of nitrogen functional groups attached to an aromatic ring is 1. The average molecular weight is 249 g/mol. The quantitative estimate of drug-likeness (QED) is 0.583. The number of ether oxygens (including phenoxy) is 1. The second kappa shape index (κ2) is 6.26. The van der Waals surface area contributed by atoms with Crippen LogP contribution in [0.15, 0.2) is 22.6 Å². The Labute approximate surface area is 106 Å². The monoisotopic (exact) mass is 249 g/mol. The van der Waals surface area contributed by atoms with Gasteiger partial charge in [-0.3, -0.25) is 0 Å². The number of benzene rings is 1. The first kappa shape index (κ1) is 12.7. The van der Waals surface area contributed by atoms with Gasteiger partial charge in [-0.25, -0.2) is 0 Å². The molecule has 0 aliphatic heterocycles. The molecule has 98 valence electrons.